The number of rotatable bonds is 8. The summed E-state index contributed by atoms with van der Waals surface area (Å²) in [4.78, 5) is 26.4. The molecule has 0 bridgehead atoms. The summed E-state index contributed by atoms with van der Waals surface area (Å²) >= 11 is 1.25. The molecule has 0 saturated carbocycles. The van der Waals surface area contributed by atoms with E-state index in [0.29, 0.717) is 27.9 Å². The first kappa shape index (κ1) is 26.0. The van der Waals surface area contributed by atoms with E-state index in [1.54, 1.807) is 19.2 Å². The summed E-state index contributed by atoms with van der Waals surface area (Å²) in [5, 5.41) is 15.1. The quantitative estimate of drug-likeness (QED) is 0.324. The van der Waals surface area contributed by atoms with E-state index in [1.807, 2.05) is 66.7 Å². The normalized spacial score (nSPS) is 12.0. The van der Waals surface area contributed by atoms with Crippen LogP contribution in [0.3, 0.4) is 0 Å². The summed E-state index contributed by atoms with van der Waals surface area (Å²) < 4.78 is 5.28. The minimum atomic E-state index is -0.804. The van der Waals surface area contributed by atoms with Gasteiger partial charge in [-0.3, -0.25) is 14.9 Å². The van der Waals surface area contributed by atoms with Gasteiger partial charge >= 0.3 is 0 Å². The van der Waals surface area contributed by atoms with Crippen LogP contribution in [0.2, 0.25) is 0 Å². The van der Waals surface area contributed by atoms with Gasteiger partial charge in [0.25, 0.3) is 5.91 Å². The Morgan fingerprint density at radius 3 is 2.35 bits per heavy atom. The summed E-state index contributed by atoms with van der Waals surface area (Å²) in [7, 11) is 1.60. The zero-order chi connectivity index (χ0) is 26.4. The molecule has 4 aromatic rings. The Morgan fingerprint density at radius 2 is 1.68 bits per heavy atom. The number of amides is 2. The summed E-state index contributed by atoms with van der Waals surface area (Å²) in [5.74, 6) is 0.0298. The van der Waals surface area contributed by atoms with Crippen LogP contribution in [0.4, 0.5) is 5.13 Å². The summed E-state index contributed by atoms with van der Waals surface area (Å²) in [6.07, 6.45) is 0.333. The lowest BCUT2D eigenvalue weighted by Gasteiger charge is -2.20. The molecule has 0 aliphatic heterocycles. The second-order valence-electron chi connectivity index (χ2n) is 9.68. The Balaban J connectivity index is 1.51. The van der Waals surface area contributed by atoms with Crippen molar-refractivity contribution in [2.75, 3.05) is 12.4 Å². The summed E-state index contributed by atoms with van der Waals surface area (Å²) in [6.45, 7) is 6.36. The Morgan fingerprint density at radius 1 is 0.946 bits per heavy atom. The molecule has 0 radical (unpaired) electrons. The van der Waals surface area contributed by atoms with E-state index in [2.05, 4.69) is 41.6 Å². The van der Waals surface area contributed by atoms with Gasteiger partial charge in [-0.25, -0.2) is 0 Å². The fourth-order valence-corrected chi connectivity index (χ4v) is 4.50. The largest absolute Gasteiger partial charge is 0.497 e. The molecule has 7 nitrogen and oxygen atoms in total. The monoisotopic (exact) mass is 514 g/mol. The molecule has 0 fully saturated rings. The van der Waals surface area contributed by atoms with Crippen LogP contribution in [-0.2, 0) is 16.6 Å². The van der Waals surface area contributed by atoms with Crippen molar-refractivity contribution in [2.45, 2.75) is 38.6 Å². The minimum absolute atomic E-state index is 0.0176. The molecule has 0 unspecified atom stereocenters. The second kappa shape index (κ2) is 11.3. The van der Waals surface area contributed by atoms with Crippen LogP contribution < -0.4 is 15.4 Å². The van der Waals surface area contributed by atoms with E-state index in [1.165, 1.54) is 11.3 Å². The van der Waals surface area contributed by atoms with Crippen molar-refractivity contribution in [3.63, 3.8) is 0 Å². The van der Waals surface area contributed by atoms with Crippen LogP contribution in [0.1, 0.15) is 42.3 Å². The van der Waals surface area contributed by atoms with Gasteiger partial charge in [-0.05, 0) is 40.8 Å². The topological polar surface area (TPSA) is 93.2 Å². The predicted octanol–water partition coefficient (Wildman–Crippen LogP) is 5.49. The predicted molar refractivity (Wildman–Crippen MR) is 147 cm³/mol. The highest BCUT2D eigenvalue weighted by Gasteiger charge is 2.24. The Bertz CT molecular complexity index is 1360. The molecule has 0 aliphatic carbocycles. The Kier molecular flexibility index (Phi) is 7.98. The molecule has 4 rings (SSSR count). The van der Waals surface area contributed by atoms with Crippen molar-refractivity contribution >= 4 is 28.3 Å². The van der Waals surface area contributed by atoms with Gasteiger partial charge < -0.3 is 10.1 Å². The van der Waals surface area contributed by atoms with Gasteiger partial charge in [-0.15, -0.1) is 10.2 Å². The van der Waals surface area contributed by atoms with E-state index >= 15 is 0 Å². The first-order valence-electron chi connectivity index (χ1n) is 12.0. The summed E-state index contributed by atoms with van der Waals surface area (Å²) in [5.41, 5.74) is 3.38. The maximum Gasteiger partial charge on any atom is 0.251 e. The molecule has 1 heterocycles. The van der Waals surface area contributed by atoms with Gasteiger partial charge in [0.2, 0.25) is 11.0 Å². The number of nitrogens with zero attached hydrogens (tertiary/aromatic N) is 2. The SMILES string of the molecule is COc1cccc(-c2nnc(NC(=O)[C@H](Cc3ccccc3)NC(=O)c3ccc(C(C)(C)C)cc3)s2)c1. The van der Waals surface area contributed by atoms with Gasteiger partial charge in [0, 0.05) is 17.5 Å². The standard InChI is InChI=1S/C29H30N4O3S/c1-29(2,3)22-15-13-20(14-16-22)25(34)30-24(17-19-9-6-5-7-10-19)26(35)31-28-33-32-27(37-28)21-11-8-12-23(18-21)36-4/h5-16,18,24H,17H2,1-4H3,(H,30,34)(H,31,33,35)/t24-/m0/s1. The van der Waals surface area contributed by atoms with Crippen molar-refractivity contribution in [2.24, 2.45) is 0 Å². The van der Waals surface area contributed by atoms with Gasteiger partial charge in [0.05, 0.1) is 7.11 Å². The van der Waals surface area contributed by atoms with Crippen LogP contribution in [0.5, 0.6) is 5.75 Å². The van der Waals surface area contributed by atoms with Crippen molar-refractivity contribution in [1.29, 1.82) is 0 Å². The first-order chi connectivity index (χ1) is 17.7. The van der Waals surface area contributed by atoms with Crippen molar-refractivity contribution in [3.05, 3.63) is 95.6 Å². The number of hydrogen-bond donors (Lipinski definition) is 2. The number of nitrogens with one attached hydrogen (secondary N) is 2. The van der Waals surface area contributed by atoms with E-state index in [0.717, 1.165) is 16.7 Å². The number of carbonyl (C=O) groups excluding carboxylic acids is 2. The average molecular weight is 515 g/mol. The third-order valence-corrected chi connectivity index (χ3v) is 6.78. The van der Waals surface area contributed by atoms with E-state index in [-0.39, 0.29) is 17.2 Å². The van der Waals surface area contributed by atoms with Gasteiger partial charge in [0.15, 0.2) is 0 Å². The number of hydrogen-bond acceptors (Lipinski definition) is 6. The number of ether oxygens (including phenoxy) is 1. The average Bonchev–Trinajstić information content (AvgIpc) is 3.37. The van der Waals surface area contributed by atoms with Crippen LogP contribution in [-0.4, -0.2) is 35.2 Å². The zero-order valence-corrected chi connectivity index (χ0v) is 22.1. The molecule has 0 aliphatic rings. The molecule has 8 heteroatoms. The van der Waals surface area contributed by atoms with Gasteiger partial charge in [0.1, 0.15) is 16.8 Å². The Hall–Kier alpha value is -4.04. The van der Waals surface area contributed by atoms with Crippen LogP contribution in [0, 0.1) is 0 Å². The lowest BCUT2D eigenvalue weighted by atomic mass is 9.86. The zero-order valence-electron chi connectivity index (χ0n) is 21.3. The fourth-order valence-electron chi connectivity index (χ4n) is 3.76. The van der Waals surface area contributed by atoms with Crippen LogP contribution >= 0.6 is 11.3 Å². The van der Waals surface area contributed by atoms with Crippen molar-refractivity contribution in [1.82, 2.24) is 15.5 Å². The molecular weight excluding hydrogens is 484 g/mol. The third kappa shape index (κ3) is 6.80. The third-order valence-electron chi connectivity index (χ3n) is 5.89. The highest BCUT2D eigenvalue weighted by atomic mass is 32.1. The van der Waals surface area contributed by atoms with Crippen LogP contribution in [0.15, 0.2) is 78.9 Å². The maximum absolute atomic E-state index is 13.3. The highest BCUT2D eigenvalue weighted by molar-refractivity contribution is 7.18. The molecule has 0 spiro atoms. The second-order valence-corrected chi connectivity index (χ2v) is 10.7. The summed E-state index contributed by atoms with van der Waals surface area (Å²) in [6, 6.07) is 23.7. The first-order valence-corrected chi connectivity index (χ1v) is 12.8. The molecule has 0 saturated heterocycles. The van der Waals surface area contributed by atoms with Gasteiger partial charge in [-0.1, -0.05) is 86.7 Å². The van der Waals surface area contributed by atoms with E-state index < -0.39 is 6.04 Å². The number of benzene rings is 3. The number of aromatic nitrogens is 2. The molecule has 3 aromatic carbocycles. The highest BCUT2D eigenvalue weighted by Crippen LogP contribution is 2.29. The van der Waals surface area contributed by atoms with Crippen molar-refractivity contribution in [3.8, 4) is 16.3 Å². The molecule has 2 N–H and O–H groups in total. The van der Waals surface area contributed by atoms with Crippen LogP contribution in [0.25, 0.3) is 10.6 Å². The number of anilines is 1. The smallest absolute Gasteiger partial charge is 0.251 e. The lowest BCUT2D eigenvalue weighted by molar-refractivity contribution is -0.118. The minimum Gasteiger partial charge on any atom is -0.497 e. The van der Waals surface area contributed by atoms with Crippen molar-refractivity contribution < 1.29 is 14.3 Å². The number of methoxy groups -OCH3 is 1. The molecule has 37 heavy (non-hydrogen) atoms. The molecule has 2 amide bonds. The molecular formula is C29H30N4O3S. The maximum atomic E-state index is 13.3. The molecule has 1 aromatic heterocycles. The number of carbonyl (C=O) groups is 2. The lowest BCUT2D eigenvalue weighted by Crippen LogP contribution is -2.45. The molecule has 190 valence electrons. The molecule has 1 atom stereocenters. The van der Waals surface area contributed by atoms with Gasteiger partial charge in [-0.2, -0.15) is 0 Å². The van der Waals surface area contributed by atoms with E-state index in [4.69, 9.17) is 4.74 Å². The van der Waals surface area contributed by atoms with E-state index in [9.17, 15) is 9.59 Å². The fraction of sp³-hybridized carbons (Fsp3) is 0.241. The Labute approximate surface area is 220 Å².